The van der Waals surface area contributed by atoms with E-state index in [0.717, 1.165) is 25.2 Å². The molecule has 0 aliphatic carbocycles. The van der Waals surface area contributed by atoms with Crippen molar-refractivity contribution < 1.29 is 0 Å². The van der Waals surface area contributed by atoms with Crippen molar-refractivity contribution in [1.82, 2.24) is 15.3 Å². The normalized spacial score (nSPS) is 9.25. The summed E-state index contributed by atoms with van der Waals surface area (Å²) >= 11 is 0. The van der Waals surface area contributed by atoms with Crippen LogP contribution in [0.2, 0.25) is 0 Å². The fourth-order valence-electron chi connectivity index (χ4n) is 0.798. The van der Waals surface area contributed by atoms with Crippen LogP contribution in [0, 0.1) is 12.3 Å². The molecule has 62 valence electrons. The fraction of sp³-hybridized carbons (Fsp3) is 0.333. The van der Waals surface area contributed by atoms with E-state index in [-0.39, 0.29) is 0 Å². The minimum absolute atomic E-state index is 0.732. The molecule has 0 atom stereocenters. The van der Waals surface area contributed by atoms with Crippen LogP contribution in [-0.4, -0.2) is 16.5 Å². The zero-order valence-electron chi connectivity index (χ0n) is 6.83. The second-order valence-electron chi connectivity index (χ2n) is 2.33. The van der Waals surface area contributed by atoms with Gasteiger partial charge in [-0.3, -0.25) is 9.97 Å². The molecule has 1 aromatic rings. The van der Waals surface area contributed by atoms with E-state index in [4.69, 9.17) is 6.42 Å². The molecule has 1 heterocycles. The van der Waals surface area contributed by atoms with Crippen molar-refractivity contribution in [2.75, 3.05) is 6.54 Å². The van der Waals surface area contributed by atoms with Crippen LogP contribution in [0.1, 0.15) is 12.1 Å². The first kappa shape index (κ1) is 8.69. The van der Waals surface area contributed by atoms with E-state index in [0.29, 0.717) is 0 Å². The molecule has 3 heteroatoms. The first-order valence-electron chi connectivity index (χ1n) is 3.82. The monoisotopic (exact) mass is 161 g/mol. The standard InChI is InChI=1S/C9H11N3/c1-2-3-4-10-7-9-8-11-5-6-12-9/h1,5-6,8,10H,3-4,7H2. The molecule has 0 radical (unpaired) electrons. The number of terminal acetylenes is 1. The summed E-state index contributed by atoms with van der Waals surface area (Å²) in [5.74, 6) is 2.56. The lowest BCUT2D eigenvalue weighted by Crippen LogP contribution is -2.15. The molecule has 0 saturated carbocycles. The minimum Gasteiger partial charge on any atom is -0.310 e. The number of hydrogen-bond acceptors (Lipinski definition) is 3. The highest BCUT2D eigenvalue weighted by Crippen LogP contribution is 1.87. The molecule has 12 heavy (non-hydrogen) atoms. The van der Waals surface area contributed by atoms with Crippen molar-refractivity contribution in [2.24, 2.45) is 0 Å². The lowest BCUT2D eigenvalue weighted by Gasteiger charge is -1.99. The lowest BCUT2D eigenvalue weighted by molar-refractivity contribution is 0.685. The van der Waals surface area contributed by atoms with Gasteiger partial charge in [0.1, 0.15) is 0 Å². The lowest BCUT2D eigenvalue weighted by atomic mass is 10.4. The van der Waals surface area contributed by atoms with Crippen LogP contribution < -0.4 is 5.32 Å². The van der Waals surface area contributed by atoms with Crippen LogP contribution in [0.5, 0.6) is 0 Å². The number of hydrogen-bond donors (Lipinski definition) is 1. The summed E-state index contributed by atoms with van der Waals surface area (Å²) in [5.41, 5.74) is 0.939. The maximum atomic E-state index is 5.09. The van der Waals surface area contributed by atoms with Gasteiger partial charge in [0.15, 0.2) is 0 Å². The molecule has 0 saturated heterocycles. The Labute approximate surface area is 72.2 Å². The summed E-state index contributed by atoms with van der Waals surface area (Å²) in [6, 6.07) is 0. The Balaban J connectivity index is 2.21. The van der Waals surface area contributed by atoms with Gasteiger partial charge in [0, 0.05) is 38.1 Å². The van der Waals surface area contributed by atoms with Crippen molar-refractivity contribution in [3.63, 3.8) is 0 Å². The van der Waals surface area contributed by atoms with Crippen molar-refractivity contribution >= 4 is 0 Å². The van der Waals surface area contributed by atoms with Gasteiger partial charge in [0.2, 0.25) is 0 Å². The third-order valence-corrected chi connectivity index (χ3v) is 1.37. The Bertz CT molecular complexity index is 250. The molecule has 0 aromatic carbocycles. The topological polar surface area (TPSA) is 37.8 Å². The number of aromatic nitrogens is 2. The highest BCUT2D eigenvalue weighted by Gasteiger charge is 1.90. The van der Waals surface area contributed by atoms with E-state index in [1.54, 1.807) is 18.6 Å². The molecule has 0 fully saturated rings. The molecule has 0 aliphatic rings. The van der Waals surface area contributed by atoms with Gasteiger partial charge in [0.05, 0.1) is 5.69 Å². The third-order valence-electron chi connectivity index (χ3n) is 1.37. The molecular weight excluding hydrogens is 150 g/mol. The Kier molecular flexibility index (Phi) is 3.82. The van der Waals surface area contributed by atoms with Crippen LogP contribution in [0.25, 0.3) is 0 Å². The van der Waals surface area contributed by atoms with E-state index in [1.165, 1.54) is 0 Å². The van der Waals surface area contributed by atoms with Crippen molar-refractivity contribution in [1.29, 1.82) is 0 Å². The number of rotatable bonds is 4. The van der Waals surface area contributed by atoms with Gasteiger partial charge in [-0.15, -0.1) is 12.3 Å². The van der Waals surface area contributed by atoms with E-state index in [1.807, 2.05) is 0 Å². The van der Waals surface area contributed by atoms with Crippen LogP contribution in [0.15, 0.2) is 18.6 Å². The first-order valence-corrected chi connectivity index (χ1v) is 3.82. The van der Waals surface area contributed by atoms with Gasteiger partial charge in [-0.1, -0.05) is 0 Å². The van der Waals surface area contributed by atoms with Crippen LogP contribution in [-0.2, 0) is 6.54 Å². The Hall–Kier alpha value is -1.40. The molecule has 1 aromatic heterocycles. The smallest absolute Gasteiger partial charge is 0.0724 e. The molecule has 3 nitrogen and oxygen atoms in total. The Morgan fingerprint density at radius 1 is 1.50 bits per heavy atom. The first-order chi connectivity index (χ1) is 5.93. The van der Waals surface area contributed by atoms with Crippen LogP contribution >= 0.6 is 0 Å². The average Bonchev–Trinajstić information content (AvgIpc) is 2.14. The molecule has 0 bridgehead atoms. The molecule has 0 spiro atoms. The Morgan fingerprint density at radius 2 is 2.42 bits per heavy atom. The van der Waals surface area contributed by atoms with Gasteiger partial charge >= 0.3 is 0 Å². The predicted molar refractivity (Wildman–Crippen MR) is 47.2 cm³/mol. The summed E-state index contributed by atoms with van der Waals surface area (Å²) in [6.45, 7) is 1.56. The van der Waals surface area contributed by atoms with Crippen LogP contribution in [0.4, 0.5) is 0 Å². The highest BCUT2D eigenvalue weighted by molar-refractivity contribution is 4.94. The molecular formula is C9H11N3. The third kappa shape index (κ3) is 3.13. The second-order valence-corrected chi connectivity index (χ2v) is 2.33. The SMILES string of the molecule is C#CCCNCc1cnccn1. The van der Waals surface area contributed by atoms with Gasteiger partial charge in [0.25, 0.3) is 0 Å². The largest absolute Gasteiger partial charge is 0.310 e. The molecule has 1 N–H and O–H groups in total. The van der Waals surface area contributed by atoms with Gasteiger partial charge in [-0.25, -0.2) is 0 Å². The van der Waals surface area contributed by atoms with E-state index >= 15 is 0 Å². The molecule has 0 aliphatic heterocycles. The van der Waals surface area contributed by atoms with Crippen molar-refractivity contribution in [3.8, 4) is 12.3 Å². The summed E-state index contributed by atoms with van der Waals surface area (Å²) in [7, 11) is 0. The van der Waals surface area contributed by atoms with Crippen molar-refractivity contribution in [3.05, 3.63) is 24.3 Å². The van der Waals surface area contributed by atoms with E-state index in [2.05, 4.69) is 21.2 Å². The summed E-state index contributed by atoms with van der Waals surface area (Å²) in [4.78, 5) is 8.04. The predicted octanol–water partition coefficient (Wildman–Crippen LogP) is 0.589. The maximum absolute atomic E-state index is 5.09. The number of nitrogens with one attached hydrogen (secondary N) is 1. The Morgan fingerprint density at radius 3 is 3.08 bits per heavy atom. The average molecular weight is 161 g/mol. The molecule has 0 unspecified atom stereocenters. The minimum atomic E-state index is 0.732. The summed E-state index contributed by atoms with van der Waals surface area (Å²) < 4.78 is 0. The fourth-order valence-corrected chi connectivity index (χ4v) is 0.798. The number of nitrogens with zero attached hydrogens (tertiary/aromatic N) is 2. The quantitative estimate of drug-likeness (QED) is 0.518. The van der Waals surface area contributed by atoms with E-state index in [9.17, 15) is 0 Å². The molecule has 1 rings (SSSR count). The summed E-state index contributed by atoms with van der Waals surface area (Å²) in [6.07, 6.45) is 10.9. The molecule has 0 amide bonds. The second kappa shape index (κ2) is 5.28. The van der Waals surface area contributed by atoms with E-state index < -0.39 is 0 Å². The van der Waals surface area contributed by atoms with Crippen molar-refractivity contribution in [2.45, 2.75) is 13.0 Å². The van der Waals surface area contributed by atoms with Crippen LogP contribution in [0.3, 0.4) is 0 Å². The van der Waals surface area contributed by atoms with Gasteiger partial charge < -0.3 is 5.32 Å². The van der Waals surface area contributed by atoms with Gasteiger partial charge in [-0.2, -0.15) is 0 Å². The van der Waals surface area contributed by atoms with Gasteiger partial charge in [-0.05, 0) is 0 Å². The zero-order chi connectivity index (χ0) is 8.65. The summed E-state index contributed by atoms with van der Waals surface area (Å²) in [5, 5.41) is 3.16. The maximum Gasteiger partial charge on any atom is 0.0724 e. The zero-order valence-corrected chi connectivity index (χ0v) is 6.83. The highest BCUT2D eigenvalue weighted by atomic mass is 14.9.